The maximum Gasteiger partial charge on any atom is 0.279 e. The van der Waals surface area contributed by atoms with Crippen molar-refractivity contribution in [2.75, 3.05) is 32.2 Å². The Morgan fingerprint density at radius 1 is 1.07 bits per heavy atom. The van der Waals surface area contributed by atoms with Gasteiger partial charge in [0.15, 0.2) is 4.80 Å². The molecule has 0 aliphatic carbocycles. The van der Waals surface area contributed by atoms with Gasteiger partial charge in [-0.3, -0.25) is 4.79 Å². The SMILES string of the molecule is CCOCCn1c(=NC(=O)c2ccc(N(C)C)cc2)sc2c3ccccc3ccc21. The minimum atomic E-state index is -0.235. The Morgan fingerprint density at radius 2 is 1.83 bits per heavy atom. The van der Waals surface area contributed by atoms with Gasteiger partial charge in [0.2, 0.25) is 0 Å². The average Bonchev–Trinajstić information content (AvgIpc) is 3.11. The lowest BCUT2D eigenvalue weighted by Crippen LogP contribution is -2.19. The van der Waals surface area contributed by atoms with Crippen LogP contribution in [-0.2, 0) is 11.3 Å². The first-order valence-corrected chi connectivity index (χ1v) is 10.9. The predicted octanol–water partition coefficient (Wildman–Crippen LogP) is 4.70. The summed E-state index contributed by atoms with van der Waals surface area (Å²) in [7, 11) is 3.95. The molecule has 1 aromatic heterocycles. The molecule has 0 aliphatic heterocycles. The summed E-state index contributed by atoms with van der Waals surface area (Å²) >= 11 is 1.55. The smallest absolute Gasteiger partial charge is 0.279 e. The second-order valence-corrected chi connectivity index (χ2v) is 8.20. The van der Waals surface area contributed by atoms with Crippen molar-refractivity contribution in [2.24, 2.45) is 4.99 Å². The molecule has 0 saturated carbocycles. The minimum Gasteiger partial charge on any atom is -0.380 e. The lowest BCUT2D eigenvalue weighted by Gasteiger charge is -2.11. The summed E-state index contributed by atoms with van der Waals surface area (Å²) in [6.45, 7) is 3.87. The van der Waals surface area contributed by atoms with Crippen molar-refractivity contribution >= 4 is 43.9 Å². The van der Waals surface area contributed by atoms with Gasteiger partial charge in [-0.05, 0) is 42.6 Å². The largest absolute Gasteiger partial charge is 0.380 e. The van der Waals surface area contributed by atoms with Crippen LogP contribution in [0.5, 0.6) is 0 Å². The Labute approximate surface area is 179 Å². The number of nitrogens with zero attached hydrogens (tertiary/aromatic N) is 3. The molecule has 0 bridgehead atoms. The molecular weight excluding hydrogens is 394 g/mol. The van der Waals surface area contributed by atoms with Crippen LogP contribution in [0.3, 0.4) is 0 Å². The van der Waals surface area contributed by atoms with E-state index in [1.807, 2.05) is 62.3 Å². The number of benzene rings is 3. The van der Waals surface area contributed by atoms with E-state index >= 15 is 0 Å². The van der Waals surface area contributed by atoms with Crippen LogP contribution in [0.25, 0.3) is 21.0 Å². The van der Waals surface area contributed by atoms with Gasteiger partial charge >= 0.3 is 0 Å². The van der Waals surface area contributed by atoms with Crippen LogP contribution < -0.4 is 9.70 Å². The van der Waals surface area contributed by atoms with E-state index in [2.05, 4.69) is 33.8 Å². The highest BCUT2D eigenvalue weighted by Crippen LogP contribution is 2.27. The Balaban J connectivity index is 1.82. The van der Waals surface area contributed by atoms with Crippen LogP contribution in [0.15, 0.2) is 65.7 Å². The molecule has 0 unspecified atom stereocenters. The number of anilines is 1. The number of fused-ring (bicyclic) bond motifs is 3. The van der Waals surface area contributed by atoms with Gasteiger partial charge in [-0.2, -0.15) is 4.99 Å². The van der Waals surface area contributed by atoms with E-state index in [0.29, 0.717) is 30.1 Å². The molecule has 5 nitrogen and oxygen atoms in total. The van der Waals surface area contributed by atoms with Crippen molar-refractivity contribution in [3.63, 3.8) is 0 Å². The van der Waals surface area contributed by atoms with Crippen LogP contribution in [0.4, 0.5) is 5.69 Å². The fraction of sp³-hybridized carbons (Fsp3) is 0.250. The quantitative estimate of drug-likeness (QED) is 0.426. The molecule has 1 amide bonds. The van der Waals surface area contributed by atoms with Crippen LogP contribution in [0, 0.1) is 0 Å². The molecule has 1 heterocycles. The molecule has 0 fully saturated rings. The summed E-state index contributed by atoms with van der Waals surface area (Å²) in [6, 6.07) is 20.1. The second kappa shape index (κ2) is 8.81. The van der Waals surface area contributed by atoms with Crippen molar-refractivity contribution in [2.45, 2.75) is 13.5 Å². The maximum absolute atomic E-state index is 12.9. The van der Waals surface area contributed by atoms with Gasteiger partial charge < -0.3 is 14.2 Å². The maximum atomic E-state index is 12.9. The summed E-state index contributed by atoms with van der Waals surface area (Å²) in [5.74, 6) is -0.235. The van der Waals surface area contributed by atoms with E-state index in [-0.39, 0.29) is 5.91 Å². The molecule has 3 aromatic carbocycles. The number of rotatable bonds is 6. The molecule has 154 valence electrons. The Morgan fingerprint density at radius 3 is 2.57 bits per heavy atom. The number of carbonyl (C=O) groups excluding carboxylic acids is 1. The summed E-state index contributed by atoms with van der Waals surface area (Å²) in [5.41, 5.74) is 2.71. The first-order valence-electron chi connectivity index (χ1n) is 10.0. The predicted molar refractivity (Wildman–Crippen MR) is 124 cm³/mol. The van der Waals surface area contributed by atoms with Gasteiger partial charge in [0, 0.05) is 43.9 Å². The molecule has 0 saturated heterocycles. The Bertz CT molecular complexity index is 1250. The number of aromatic nitrogens is 1. The molecule has 0 N–H and O–H groups in total. The van der Waals surface area contributed by atoms with Crippen molar-refractivity contribution in [1.29, 1.82) is 0 Å². The first-order chi connectivity index (χ1) is 14.6. The van der Waals surface area contributed by atoms with E-state index in [1.54, 1.807) is 11.3 Å². The van der Waals surface area contributed by atoms with Gasteiger partial charge in [-0.25, -0.2) is 0 Å². The van der Waals surface area contributed by atoms with E-state index < -0.39 is 0 Å². The van der Waals surface area contributed by atoms with Gasteiger partial charge in [0.25, 0.3) is 5.91 Å². The lowest BCUT2D eigenvalue weighted by molar-refractivity contribution is 0.0996. The van der Waals surface area contributed by atoms with Gasteiger partial charge in [0.1, 0.15) is 0 Å². The average molecular weight is 420 g/mol. The van der Waals surface area contributed by atoms with Crippen molar-refractivity contribution < 1.29 is 9.53 Å². The van der Waals surface area contributed by atoms with E-state index in [9.17, 15) is 4.79 Å². The number of hydrogen-bond donors (Lipinski definition) is 0. The summed E-state index contributed by atoms with van der Waals surface area (Å²) in [4.78, 5) is 20.1. The molecule has 4 rings (SSSR count). The third kappa shape index (κ3) is 4.01. The zero-order chi connectivity index (χ0) is 21.1. The number of thiazole rings is 1. The van der Waals surface area contributed by atoms with E-state index in [0.717, 1.165) is 15.9 Å². The fourth-order valence-corrected chi connectivity index (χ4v) is 4.64. The number of ether oxygens (including phenoxy) is 1. The molecule has 30 heavy (non-hydrogen) atoms. The zero-order valence-electron chi connectivity index (χ0n) is 17.5. The highest BCUT2D eigenvalue weighted by molar-refractivity contribution is 7.17. The Hall–Kier alpha value is -2.96. The highest BCUT2D eigenvalue weighted by Gasteiger charge is 2.12. The fourth-order valence-electron chi connectivity index (χ4n) is 3.45. The topological polar surface area (TPSA) is 46.8 Å². The molecular formula is C24H25N3O2S. The van der Waals surface area contributed by atoms with E-state index in [4.69, 9.17) is 4.74 Å². The number of hydrogen-bond acceptors (Lipinski definition) is 4. The van der Waals surface area contributed by atoms with Crippen molar-refractivity contribution in [3.8, 4) is 0 Å². The highest BCUT2D eigenvalue weighted by atomic mass is 32.1. The van der Waals surface area contributed by atoms with Crippen LogP contribution in [0.1, 0.15) is 17.3 Å². The van der Waals surface area contributed by atoms with Crippen LogP contribution in [-0.4, -0.2) is 37.8 Å². The number of amides is 1. The molecule has 4 aromatic rings. The standard InChI is InChI=1S/C24H25N3O2S/c1-4-29-16-15-27-21-14-11-17-7-5-6-8-20(17)22(21)30-24(27)25-23(28)18-9-12-19(13-10-18)26(2)3/h5-14H,4,15-16H2,1-3H3. The van der Waals surface area contributed by atoms with Crippen LogP contribution >= 0.6 is 11.3 Å². The van der Waals surface area contributed by atoms with Crippen molar-refractivity contribution in [1.82, 2.24) is 4.57 Å². The van der Waals surface area contributed by atoms with Crippen LogP contribution in [0.2, 0.25) is 0 Å². The van der Waals surface area contributed by atoms with E-state index in [1.165, 1.54) is 10.8 Å². The summed E-state index contributed by atoms with van der Waals surface area (Å²) in [5, 5.41) is 2.36. The Kier molecular flexibility index (Phi) is 5.97. The molecule has 0 aliphatic rings. The first kappa shape index (κ1) is 20.3. The third-order valence-corrected chi connectivity index (χ3v) is 6.19. The third-order valence-electron chi connectivity index (χ3n) is 5.07. The van der Waals surface area contributed by atoms with Crippen molar-refractivity contribution in [3.05, 3.63) is 71.0 Å². The molecule has 6 heteroatoms. The lowest BCUT2D eigenvalue weighted by atomic mass is 10.1. The number of carbonyl (C=O) groups is 1. The summed E-state index contributed by atoms with van der Waals surface area (Å²) in [6.07, 6.45) is 0. The zero-order valence-corrected chi connectivity index (χ0v) is 18.3. The van der Waals surface area contributed by atoms with Gasteiger partial charge in [-0.15, -0.1) is 0 Å². The molecule has 0 radical (unpaired) electrons. The normalized spacial score (nSPS) is 12.0. The molecule has 0 spiro atoms. The minimum absolute atomic E-state index is 0.235. The molecule has 0 atom stereocenters. The monoisotopic (exact) mass is 419 g/mol. The van der Waals surface area contributed by atoms with Gasteiger partial charge in [-0.1, -0.05) is 41.7 Å². The second-order valence-electron chi connectivity index (χ2n) is 7.23. The summed E-state index contributed by atoms with van der Waals surface area (Å²) < 4.78 is 8.81. The van der Waals surface area contributed by atoms with Gasteiger partial charge in [0.05, 0.1) is 16.8 Å².